The Kier molecular flexibility index (Phi) is 3.13. The Bertz CT molecular complexity index is 1100. The van der Waals surface area contributed by atoms with Crippen LogP contribution in [0.5, 0.6) is 0 Å². The van der Waals surface area contributed by atoms with Gasteiger partial charge in [0.05, 0.1) is 22.3 Å². The number of carbonyl (C=O) groups excluding carboxylic acids is 2. The van der Waals surface area contributed by atoms with Crippen LogP contribution in [-0.2, 0) is 0 Å². The van der Waals surface area contributed by atoms with Crippen molar-refractivity contribution < 1.29 is 9.59 Å². The maximum atomic E-state index is 12.4. The molecular weight excluding hydrogens is 300 g/mol. The van der Waals surface area contributed by atoms with E-state index in [-0.39, 0.29) is 11.7 Å². The largest absolute Gasteiger partial charge is 0.294 e. The average molecular weight is 316 g/mol. The molecular formula is C20H16N2O2. The van der Waals surface area contributed by atoms with Crippen LogP contribution < -0.4 is 0 Å². The molecule has 2 aromatic carbocycles. The number of carbonyl (C=O) groups is 2. The summed E-state index contributed by atoms with van der Waals surface area (Å²) in [6.07, 6.45) is 0. The summed E-state index contributed by atoms with van der Waals surface area (Å²) in [6.45, 7) is 3.10. The summed E-state index contributed by atoms with van der Waals surface area (Å²) in [6, 6.07) is 19.3. The van der Waals surface area contributed by atoms with Crippen LogP contribution in [0.25, 0.3) is 27.7 Å². The number of aromatic nitrogens is 2. The number of ketones is 1. The molecule has 0 unspecified atom stereocenters. The second-order valence-electron chi connectivity index (χ2n) is 5.87. The monoisotopic (exact) mass is 316 g/mol. The smallest absolute Gasteiger partial charge is 0.243 e. The standard InChI is InChI=1S/C20H16N2O2/c1-13(23)20-16-10-6-7-11-17(16)22-19(20)12-18(21(22)14(2)24)15-8-4-3-5-9-15/h3-12H,1-2H3. The van der Waals surface area contributed by atoms with Gasteiger partial charge in [0.1, 0.15) is 0 Å². The van der Waals surface area contributed by atoms with E-state index in [1.54, 1.807) is 11.6 Å². The van der Waals surface area contributed by atoms with Crippen molar-refractivity contribution >= 4 is 28.1 Å². The molecule has 0 radical (unpaired) electrons. The van der Waals surface area contributed by atoms with E-state index in [4.69, 9.17) is 0 Å². The van der Waals surface area contributed by atoms with Gasteiger partial charge in [-0.2, -0.15) is 0 Å². The van der Waals surface area contributed by atoms with E-state index in [1.165, 1.54) is 6.92 Å². The number of fused-ring (bicyclic) bond motifs is 3. The first-order valence-corrected chi connectivity index (χ1v) is 7.82. The lowest BCUT2D eigenvalue weighted by molar-refractivity contribution is 0.0918. The minimum Gasteiger partial charge on any atom is -0.294 e. The predicted molar refractivity (Wildman–Crippen MR) is 94.6 cm³/mol. The molecule has 0 spiro atoms. The number of hydrogen-bond acceptors (Lipinski definition) is 2. The van der Waals surface area contributed by atoms with Gasteiger partial charge in [-0.05, 0) is 19.1 Å². The summed E-state index contributed by atoms with van der Waals surface area (Å²) < 4.78 is 3.48. The number of nitrogens with zero attached hydrogens (tertiary/aromatic N) is 2. The number of para-hydroxylation sites is 1. The molecule has 0 saturated heterocycles. The Morgan fingerprint density at radius 3 is 2.17 bits per heavy atom. The third-order valence-electron chi connectivity index (χ3n) is 4.31. The Morgan fingerprint density at radius 2 is 1.50 bits per heavy atom. The summed E-state index contributed by atoms with van der Waals surface area (Å²) in [4.78, 5) is 24.6. The number of Topliss-reactive ketones (excluding diaryl/α,β-unsaturated/α-hetero) is 1. The summed E-state index contributed by atoms with van der Waals surface area (Å²) >= 11 is 0. The minimum absolute atomic E-state index is 0.00554. The molecule has 118 valence electrons. The average Bonchev–Trinajstić information content (AvgIpc) is 3.09. The Balaban J connectivity index is 2.22. The van der Waals surface area contributed by atoms with Gasteiger partial charge in [-0.25, -0.2) is 9.20 Å². The van der Waals surface area contributed by atoms with Crippen LogP contribution in [0, 0.1) is 0 Å². The van der Waals surface area contributed by atoms with Gasteiger partial charge in [-0.15, -0.1) is 0 Å². The highest BCUT2D eigenvalue weighted by Crippen LogP contribution is 2.32. The lowest BCUT2D eigenvalue weighted by Crippen LogP contribution is -2.13. The molecule has 4 aromatic rings. The number of hydrogen-bond donors (Lipinski definition) is 0. The van der Waals surface area contributed by atoms with Crippen LogP contribution in [0.4, 0.5) is 0 Å². The first-order valence-electron chi connectivity index (χ1n) is 7.82. The topological polar surface area (TPSA) is 43.5 Å². The van der Waals surface area contributed by atoms with Crippen molar-refractivity contribution in [2.45, 2.75) is 13.8 Å². The van der Waals surface area contributed by atoms with Crippen LogP contribution in [0.1, 0.15) is 29.0 Å². The third kappa shape index (κ3) is 1.93. The molecule has 0 bridgehead atoms. The van der Waals surface area contributed by atoms with Gasteiger partial charge in [0.15, 0.2) is 5.78 Å². The van der Waals surface area contributed by atoms with E-state index in [1.807, 2.05) is 65.2 Å². The highest BCUT2D eigenvalue weighted by atomic mass is 16.2. The Hall–Kier alpha value is -3.14. The highest BCUT2D eigenvalue weighted by Gasteiger charge is 2.22. The van der Waals surface area contributed by atoms with Crippen molar-refractivity contribution in [3.8, 4) is 11.3 Å². The highest BCUT2D eigenvalue weighted by molar-refractivity contribution is 6.14. The summed E-state index contributed by atoms with van der Waals surface area (Å²) in [5, 5.41) is 0.870. The fourth-order valence-electron chi connectivity index (χ4n) is 3.39. The molecule has 0 atom stereocenters. The Morgan fingerprint density at radius 1 is 0.833 bits per heavy atom. The van der Waals surface area contributed by atoms with Crippen LogP contribution in [0.15, 0.2) is 60.7 Å². The Labute approximate surface area is 138 Å². The van der Waals surface area contributed by atoms with Crippen LogP contribution in [0.3, 0.4) is 0 Å². The van der Waals surface area contributed by atoms with Crippen molar-refractivity contribution in [1.82, 2.24) is 9.20 Å². The van der Waals surface area contributed by atoms with Crippen molar-refractivity contribution in [3.63, 3.8) is 0 Å². The van der Waals surface area contributed by atoms with E-state index >= 15 is 0 Å². The van der Waals surface area contributed by atoms with Gasteiger partial charge in [-0.1, -0.05) is 48.5 Å². The second kappa shape index (κ2) is 5.20. The molecule has 0 fully saturated rings. The zero-order valence-electron chi connectivity index (χ0n) is 13.5. The van der Waals surface area contributed by atoms with Gasteiger partial charge in [0, 0.05) is 17.9 Å². The van der Waals surface area contributed by atoms with Crippen molar-refractivity contribution in [2.75, 3.05) is 0 Å². The third-order valence-corrected chi connectivity index (χ3v) is 4.31. The number of benzene rings is 2. The summed E-state index contributed by atoms with van der Waals surface area (Å²) in [7, 11) is 0. The molecule has 2 heterocycles. The van der Waals surface area contributed by atoms with Crippen LogP contribution in [-0.4, -0.2) is 20.9 Å². The fourth-order valence-corrected chi connectivity index (χ4v) is 3.39. The van der Waals surface area contributed by atoms with Gasteiger partial charge in [0.25, 0.3) is 0 Å². The van der Waals surface area contributed by atoms with E-state index in [9.17, 15) is 9.59 Å². The maximum Gasteiger partial charge on any atom is 0.243 e. The molecule has 4 rings (SSSR count). The van der Waals surface area contributed by atoms with Gasteiger partial charge in [-0.3, -0.25) is 9.59 Å². The SMILES string of the molecule is CC(=O)c1c2ccccc2n2c1cc(-c1ccccc1)n2C(C)=O. The first kappa shape index (κ1) is 14.5. The molecule has 0 aliphatic carbocycles. The van der Waals surface area contributed by atoms with Crippen LogP contribution >= 0.6 is 0 Å². The number of rotatable bonds is 2. The quantitative estimate of drug-likeness (QED) is 0.514. The van der Waals surface area contributed by atoms with Gasteiger partial charge < -0.3 is 0 Å². The molecule has 4 heteroatoms. The lowest BCUT2D eigenvalue weighted by Gasteiger charge is -2.08. The molecule has 24 heavy (non-hydrogen) atoms. The summed E-state index contributed by atoms with van der Waals surface area (Å²) in [5.41, 5.74) is 4.00. The van der Waals surface area contributed by atoms with Gasteiger partial charge >= 0.3 is 0 Å². The van der Waals surface area contributed by atoms with E-state index in [0.29, 0.717) is 5.56 Å². The maximum absolute atomic E-state index is 12.4. The molecule has 0 aliphatic rings. The summed E-state index contributed by atoms with van der Waals surface area (Å²) in [5.74, 6) is -0.103. The minimum atomic E-state index is -0.0975. The first-order chi connectivity index (χ1) is 11.6. The van der Waals surface area contributed by atoms with Crippen molar-refractivity contribution in [3.05, 3.63) is 66.2 Å². The van der Waals surface area contributed by atoms with E-state index in [2.05, 4.69) is 0 Å². The van der Waals surface area contributed by atoms with Gasteiger partial charge in [0.2, 0.25) is 5.91 Å². The molecule has 2 aromatic heterocycles. The zero-order chi connectivity index (χ0) is 16.8. The second-order valence-corrected chi connectivity index (χ2v) is 5.87. The molecule has 0 aliphatic heterocycles. The predicted octanol–water partition coefficient (Wildman–Crippen LogP) is 4.42. The fraction of sp³-hybridized carbons (Fsp3) is 0.100. The molecule has 4 nitrogen and oxygen atoms in total. The van der Waals surface area contributed by atoms with Crippen LogP contribution in [0.2, 0.25) is 0 Å². The van der Waals surface area contributed by atoms with Crippen molar-refractivity contribution in [2.24, 2.45) is 0 Å². The molecule has 0 N–H and O–H groups in total. The lowest BCUT2D eigenvalue weighted by atomic mass is 10.1. The zero-order valence-corrected chi connectivity index (χ0v) is 13.5. The van der Waals surface area contributed by atoms with E-state index in [0.717, 1.165) is 27.7 Å². The molecule has 0 saturated carbocycles. The normalized spacial score (nSPS) is 11.2. The molecule has 0 amide bonds. The van der Waals surface area contributed by atoms with E-state index < -0.39 is 0 Å². The van der Waals surface area contributed by atoms with Crippen molar-refractivity contribution in [1.29, 1.82) is 0 Å².